The fourth-order valence-corrected chi connectivity index (χ4v) is 2.61. The molecule has 2 nitrogen and oxygen atoms in total. The van der Waals surface area contributed by atoms with Gasteiger partial charge in [-0.2, -0.15) is 5.26 Å². The molecule has 98 valence electrons. The summed E-state index contributed by atoms with van der Waals surface area (Å²) in [4.78, 5) is 3.45. The lowest BCUT2D eigenvalue weighted by molar-refractivity contribution is 0.594. The Morgan fingerprint density at radius 3 is 2.95 bits per heavy atom. The Morgan fingerprint density at radius 2 is 2.32 bits per heavy atom. The van der Waals surface area contributed by atoms with Gasteiger partial charge in [0.1, 0.15) is 0 Å². The number of allylic oxidation sites excluding steroid dienone is 3. The topological polar surface area (TPSA) is 39.6 Å². The van der Waals surface area contributed by atoms with Crippen molar-refractivity contribution < 1.29 is 0 Å². The maximum absolute atomic E-state index is 9.00. The Balaban J connectivity index is 2.65. The lowest BCUT2D eigenvalue weighted by Gasteiger charge is -2.07. The zero-order valence-electron chi connectivity index (χ0n) is 11.9. The Labute approximate surface area is 115 Å². The van der Waals surface area contributed by atoms with Gasteiger partial charge in [0.05, 0.1) is 6.07 Å². The molecule has 1 aliphatic carbocycles. The molecule has 0 saturated heterocycles. The third kappa shape index (κ3) is 2.56. The lowest BCUT2D eigenvalue weighted by Crippen LogP contribution is -1.98. The number of rotatable bonds is 2. The minimum atomic E-state index is 0.624. The van der Waals surface area contributed by atoms with Crippen LogP contribution in [0.4, 0.5) is 0 Å². The summed E-state index contributed by atoms with van der Waals surface area (Å²) in [5, 5.41) is 9.00. The van der Waals surface area contributed by atoms with Gasteiger partial charge in [0, 0.05) is 22.5 Å². The highest BCUT2D eigenvalue weighted by Gasteiger charge is 2.20. The second-order valence-corrected chi connectivity index (χ2v) is 5.38. The molecule has 19 heavy (non-hydrogen) atoms. The number of hydrogen-bond acceptors (Lipinski definition) is 1. The largest absolute Gasteiger partial charge is 0.355 e. The van der Waals surface area contributed by atoms with Crippen LogP contribution in [-0.2, 0) is 6.42 Å². The maximum atomic E-state index is 9.00. The fraction of sp³-hybridized carbons (Fsp3) is 0.353. The minimum Gasteiger partial charge on any atom is -0.355 e. The number of fused-ring (bicyclic) bond motifs is 1. The first-order valence-electron chi connectivity index (χ1n) is 6.69. The average Bonchev–Trinajstić information content (AvgIpc) is 2.66. The molecule has 0 aromatic carbocycles. The van der Waals surface area contributed by atoms with Gasteiger partial charge < -0.3 is 4.98 Å². The second-order valence-electron chi connectivity index (χ2n) is 5.38. The van der Waals surface area contributed by atoms with Crippen molar-refractivity contribution in [3.8, 4) is 6.07 Å². The van der Waals surface area contributed by atoms with Crippen LogP contribution in [0, 0.1) is 17.2 Å². The van der Waals surface area contributed by atoms with Crippen LogP contribution in [0.2, 0.25) is 0 Å². The smallest absolute Gasteiger partial charge is 0.0944 e. The molecule has 2 heteroatoms. The van der Waals surface area contributed by atoms with E-state index in [0.29, 0.717) is 5.92 Å². The van der Waals surface area contributed by atoms with Crippen LogP contribution in [0.25, 0.3) is 17.7 Å². The first-order valence-corrected chi connectivity index (χ1v) is 6.69. The molecule has 1 aromatic heterocycles. The summed E-state index contributed by atoms with van der Waals surface area (Å²) in [7, 11) is 0. The monoisotopic (exact) mass is 252 g/mol. The zero-order valence-corrected chi connectivity index (χ0v) is 11.9. The van der Waals surface area contributed by atoms with Gasteiger partial charge in [-0.3, -0.25) is 0 Å². The molecule has 1 N–H and O–H groups in total. The lowest BCUT2D eigenvalue weighted by atomic mass is 9.96. The molecule has 2 rings (SSSR count). The van der Waals surface area contributed by atoms with E-state index in [1.54, 1.807) is 0 Å². The molecule has 1 aromatic rings. The Morgan fingerprint density at radius 1 is 1.58 bits per heavy atom. The molecule has 0 spiro atoms. The SMILES string of the molecule is C=Cc1[nH]c2c(c1/C=C(\C)C#N)CC(C)CC=C2C. The fourth-order valence-electron chi connectivity index (χ4n) is 2.61. The van der Waals surface area contributed by atoms with E-state index in [0.717, 1.165) is 29.7 Å². The van der Waals surface area contributed by atoms with Gasteiger partial charge in [0.25, 0.3) is 0 Å². The Kier molecular flexibility index (Phi) is 3.76. The van der Waals surface area contributed by atoms with Crippen molar-refractivity contribution in [2.75, 3.05) is 0 Å². The predicted molar refractivity (Wildman–Crippen MR) is 81.3 cm³/mol. The van der Waals surface area contributed by atoms with Crippen molar-refractivity contribution in [3.63, 3.8) is 0 Å². The van der Waals surface area contributed by atoms with E-state index in [4.69, 9.17) is 5.26 Å². The third-order valence-electron chi connectivity index (χ3n) is 3.69. The number of nitrogens with zero attached hydrogens (tertiary/aromatic N) is 1. The van der Waals surface area contributed by atoms with Crippen LogP contribution in [0.5, 0.6) is 0 Å². The molecule has 1 unspecified atom stereocenters. The van der Waals surface area contributed by atoms with E-state index in [2.05, 4.69) is 37.6 Å². The van der Waals surface area contributed by atoms with Gasteiger partial charge >= 0.3 is 0 Å². The van der Waals surface area contributed by atoms with Crippen LogP contribution in [0.1, 0.15) is 49.7 Å². The molecular formula is C17H20N2. The predicted octanol–water partition coefficient (Wildman–Crippen LogP) is 4.57. The molecule has 0 aliphatic heterocycles. The van der Waals surface area contributed by atoms with E-state index in [1.807, 2.05) is 19.1 Å². The summed E-state index contributed by atoms with van der Waals surface area (Å²) >= 11 is 0. The van der Waals surface area contributed by atoms with Crippen molar-refractivity contribution >= 4 is 17.7 Å². The standard InChI is InChI=1S/C17H20N2/c1-5-16-14(9-12(3)10-18)15-8-11(2)6-7-13(4)17(15)19-16/h5,7,9,11,19H,1,6,8H2,2-4H3/b12-9+. The average molecular weight is 252 g/mol. The van der Waals surface area contributed by atoms with E-state index in [1.165, 1.54) is 16.8 Å². The molecule has 1 aliphatic rings. The highest BCUT2D eigenvalue weighted by atomic mass is 14.7. The van der Waals surface area contributed by atoms with Gasteiger partial charge in [-0.25, -0.2) is 0 Å². The third-order valence-corrected chi connectivity index (χ3v) is 3.69. The van der Waals surface area contributed by atoms with Crippen molar-refractivity contribution in [2.45, 2.75) is 33.6 Å². The van der Waals surface area contributed by atoms with Crippen molar-refractivity contribution in [2.24, 2.45) is 5.92 Å². The van der Waals surface area contributed by atoms with E-state index in [-0.39, 0.29) is 0 Å². The van der Waals surface area contributed by atoms with Crippen LogP contribution in [0.3, 0.4) is 0 Å². The summed E-state index contributed by atoms with van der Waals surface area (Å²) in [6, 6.07) is 2.20. The number of H-pyrrole nitrogens is 1. The second kappa shape index (κ2) is 5.32. The summed E-state index contributed by atoms with van der Waals surface area (Å²) in [5.41, 5.74) is 6.69. The van der Waals surface area contributed by atoms with Crippen LogP contribution in [-0.4, -0.2) is 4.98 Å². The van der Waals surface area contributed by atoms with Crippen LogP contribution >= 0.6 is 0 Å². The van der Waals surface area contributed by atoms with E-state index in [9.17, 15) is 0 Å². The number of hydrogen-bond donors (Lipinski definition) is 1. The normalized spacial score (nSPS) is 19.2. The summed E-state index contributed by atoms with van der Waals surface area (Å²) in [6.07, 6.45) is 8.25. The number of nitrogens with one attached hydrogen (secondary N) is 1. The molecule has 1 heterocycles. The molecule has 0 saturated carbocycles. The van der Waals surface area contributed by atoms with Gasteiger partial charge in [0.15, 0.2) is 0 Å². The Bertz CT molecular complexity index is 606. The van der Waals surface area contributed by atoms with Gasteiger partial charge in [-0.05, 0) is 55.9 Å². The number of nitriles is 1. The molecule has 0 radical (unpaired) electrons. The molecule has 0 bridgehead atoms. The van der Waals surface area contributed by atoms with Gasteiger partial charge in [-0.15, -0.1) is 0 Å². The Hall–Kier alpha value is -2.01. The van der Waals surface area contributed by atoms with E-state index >= 15 is 0 Å². The minimum absolute atomic E-state index is 0.624. The molecule has 1 atom stereocenters. The van der Waals surface area contributed by atoms with Crippen LogP contribution < -0.4 is 0 Å². The summed E-state index contributed by atoms with van der Waals surface area (Å²) in [5.74, 6) is 0.624. The quantitative estimate of drug-likeness (QED) is 0.769. The molecular weight excluding hydrogens is 232 g/mol. The number of aromatic nitrogens is 1. The maximum Gasteiger partial charge on any atom is 0.0944 e. The van der Waals surface area contributed by atoms with Crippen molar-refractivity contribution in [1.82, 2.24) is 4.98 Å². The first-order chi connectivity index (χ1) is 9.06. The van der Waals surface area contributed by atoms with Crippen molar-refractivity contribution in [3.05, 3.63) is 40.7 Å². The summed E-state index contributed by atoms with van der Waals surface area (Å²) < 4.78 is 0. The van der Waals surface area contributed by atoms with Gasteiger partial charge in [-0.1, -0.05) is 19.6 Å². The molecule has 0 fully saturated rings. The highest BCUT2D eigenvalue weighted by molar-refractivity contribution is 5.76. The molecule has 0 amide bonds. The van der Waals surface area contributed by atoms with E-state index < -0.39 is 0 Å². The first kappa shape index (κ1) is 13.4. The zero-order chi connectivity index (χ0) is 14.0. The van der Waals surface area contributed by atoms with Crippen molar-refractivity contribution in [1.29, 1.82) is 5.26 Å². The number of aromatic amines is 1. The highest BCUT2D eigenvalue weighted by Crippen LogP contribution is 2.33. The van der Waals surface area contributed by atoms with Gasteiger partial charge in [0.2, 0.25) is 0 Å². The summed E-state index contributed by atoms with van der Waals surface area (Å²) in [6.45, 7) is 10.1. The van der Waals surface area contributed by atoms with Crippen LogP contribution in [0.15, 0.2) is 18.2 Å².